The van der Waals surface area contributed by atoms with Crippen LogP contribution in [-0.4, -0.2) is 18.7 Å². The van der Waals surface area contributed by atoms with Crippen molar-refractivity contribution in [3.8, 4) is 17.6 Å². The van der Waals surface area contributed by atoms with Crippen molar-refractivity contribution in [3.05, 3.63) is 76.9 Å². The second-order valence-corrected chi connectivity index (χ2v) is 18.5. The first-order valence-electron chi connectivity index (χ1n) is 21.8. The molecule has 0 heterocycles. The Hall–Kier alpha value is -2.99. The minimum Gasteiger partial charge on any atom is -0.494 e. The molecule has 3 heteroatoms. The van der Waals surface area contributed by atoms with Crippen LogP contribution in [0.5, 0.6) is 5.75 Å². The van der Waals surface area contributed by atoms with E-state index in [1.54, 1.807) is 5.57 Å². The first-order chi connectivity index (χ1) is 25.6. The summed E-state index contributed by atoms with van der Waals surface area (Å²) in [7, 11) is 0. The Morgan fingerprint density at radius 1 is 0.830 bits per heavy atom. The van der Waals surface area contributed by atoms with Gasteiger partial charge in [0.2, 0.25) is 0 Å². The van der Waals surface area contributed by atoms with Gasteiger partial charge in [-0.05, 0) is 159 Å². The standard InChI is InChI=1S/C50H70O3/c1-7-8-14-38-16-18-39(19-17-38)20-21-40-22-25-42(26-23-40)52-34-10-9-15-48(51)53-43-30-32-49(5)41(35-43)24-27-44-46-29-28-45(37(4)13-11-12-36(2)3)50(46,6)33-31-47(44)49/h16-19,22-26,36-37,43-47H,7-15,27-35H2,1-6H3/t37-,43+,44+,45-,46+,47+,49+,50-/m1/s1. The molecule has 288 valence electrons. The van der Waals surface area contributed by atoms with Crippen LogP contribution in [0.2, 0.25) is 0 Å². The summed E-state index contributed by atoms with van der Waals surface area (Å²) in [6.07, 6.45) is 22.6. The number of hydrogen-bond donors (Lipinski definition) is 0. The number of fused-ring (bicyclic) bond motifs is 5. The summed E-state index contributed by atoms with van der Waals surface area (Å²) < 4.78 is 12.1. The van der Waals surface area contributed by atoms with E-state index in [0.717, 1.165) is 84.5 Å². The van der Waals surface area contributed by atoms with E-state index >= 15 is 0 Å². The molecular formula is C50H70O3. The molecule has 2 aromatic carbocycles. The fraction of sp³-hybridized carbons (Fsp3) is 0.660. The molecule has 4 aliphatic carbocycles. The van der Waals surface area contributed by atoms with E-state index in [1.165, 1.54) is 76.2 Å². The third-order valence-corrected chi connectivity index (χ3v) is 14.6. The van der Waals surface area contributed by atoms with Gasteiger partial charge < -0.3 is 9.47 Å². The van der Waals surface area contributed by atoms with E-state index < -0.39 is 0 Å². The van der Waals surface area contributed by atoms with Crippen molar-refractivity contribution in [1.29, 1.82) is 0 Å². The van der Waals surface area contributed by atoms with E-state index in [4.69, 9.17) is 9.47 Å². The molecule has 0 N–H and O–H groups in total. The number of rotatable bonds is 15. The summed E-state index contributed by atoms with van der Waals surface area (Å²) in [6, 6.07) is 16.6. The molecule has 8 atom stereocenters. The Morgan fingerprint density at radius 3 is 2.28 bits per heavy atom. The molecule has 0 aromatic heterocycles. The topological polar surface area (TPSA) is 35.5 Å². The molecular weight excluding hydrogens is 649 g/mol. The SMILES string of the molecule is CCCCc1ccc(C#Cc2ccc(OCCCCC(=O)O[C@H]3CC[C@@]4(C)C(=CC[C@H]5[C@@H]6CC[C@H]([C@H](C)CCCC(C)C)[C@@]6(C)CC[C@@H]54)C3)cc2)cc1. The van der Waals surface area contributed by atoms with Gasteiger partial charge in [0, 0.05) is 24.0 Å². The maximum absolute atomic E-state index is 12.9. The summed E-state index contributed by atoms with van der Waals surface area (Å²) in [5.41, 5.74) is 5.81. The van der Waals surface area contributed by atoms with Crippen molar-refractivity contribution in [2.75, 3.05) is 6.61 Å². The van der Waals surface area contributed by atoms with Gasteiger partial charge in [-0.25, -0.2) is 0 Å². The molecule has 0 amide bonds. The molecule has 0 spiro atoms. The number of hydrogen-bond acceptors (Lipinski definition) is 3. The van der Waals surface area contributed by atoms with E-state index in [0.29, 0.717) is 18.4 Å². The van der Waals surface area contributed by atoms with Gasteiger partial charge in [-0.2, -0.15) is 0 Å². The Balaban J connectivity index is 0.905. The van der Waals surface area contributed by atoms with E-state index in [1.807, 2.05) is 24.3 Å². The second-order valence-electron chi connectivity index (χ2n) is 18.5. The molecule has 3 saturated carbocycles. The Labute approximate surface area is 323 Å². The number of allylic oxidation sites excluding steroid dienone is 1. The summed E-state index contributed by atoms with van der Waals surface area (Å²) in [6.45, 7) is 15.4. The zero-order chi connectivity index (χ0) is 37.4. The van der Waals surface area contributed by atoms with Crippen molar-refractivity contribution < 1.29 is 14.3 Å². The fourth-order valence-electron chi connectivity index (χ4n) is 11.5. The van der Waals surface area contributed by atoms with Crippen LogP contribution in [0.25, 0.3) is 0 Å². The van der Waals surface area contributed by atoms with Crippen LogP contribution in [0.1, 0.15) is 161 Å². The average Bonchev–Trinajstić information content (AvgIpc) is 3.51. The number of aryl methyl sites for hydroxylation is 1. The lowest BCUT2D eigenvalue weighted by Gasteiger charge is -2.58. The van der Waals surface area contributed by atoms with Gasteiger partial charge in [-0.15, -0.1) is 0 Å². The van der Waals surface area contributed by atoms with Crippen LogP contribution < -0.4 is 4.74 Å². The highest BCUT2D eigenvalue weighted by Crippen LogP contribution is 2.67. The zero-order valence-electron chi connectivity index (χ0n) is 34.2. The van der Waals surface area contributed by atoms with E-state index in [2.05, 4.69) is 83.7 Å². The van der Waals surface area contributed by atoms with Gasteiger partial charge in [0.05, 0.1) is 6.61 Å². The smallest absolute Gasteiger partial charge is 0.306 e. The molecule has 3 nitrogen and oxygen atoms in total. The second kappa shape index (κ2) is 18.1. The van der Waals surface area contributed by atoms with Gasteiger partial charge in [-0.1, -0.05) is 103 Å². The lowest BCUT2D eigenvalue weighted by atomic mass is 9.47. The fourth-order valence-corrected chi connectivity index (χ4v) is 11.5. The summed E-state index contributed by atoms with van der Waals surface area (Å²) in [4.78, 5) is 12.9. The molecule has 0 aliphatic heterocycles. The van der Waals surface area contributed by atoms with Crippen LogP contribution in [0.15, 0.2) is 60.2 Å². The first-order valence-corrected chi connectivity index (χ1v) is 21.8. The summed E-state index contributed by atoms with van der Waals surface area (Å²) in [5.74, 6) is 12.4. The van der Waals surface area contributed by atoms with Crippen LogP contribution in [-0.2, 0) is 16.0 Å². The Bertz CT molecular complexity index is 1570. The molecule has 4 aliphatic rings. The molecule has 53 heavy (non-hydrogen) atoms. The van der Waals surface area contributed by atoms with Gasteiger partial charge in [-0.3, -0.25) is 4.79 Å². The molecule has 0 radical (unpaired) electrons. The third kappa shape index (κ3) is 9.64. The minimum absolute atomic E-state index is 0.0396. The Morgan fingerprint density at radius 2 is 1.57 bits per heavy atom. The van der Waals surface area contributed by atoms with Crippen LogP contribution in [0, 0.1) is 58.2 Å². The number of carbonyl (C=O) groups is 1. The highest BCUT2D eigenvalue weighted by molar-refractivity contribution is 5.69. The molecule has 3 fully saturated rings. The number of esters is 1. The van der Waals surface area contributed by atoms with E-state index in [9.17, 15) is 4.79 Å². The number of ether oxygens (including phenoxy) is 2. The van der Waals surface area contributed by atoms with Crippen molar-refractivity contribution in [2.45, 2.75) is 157 Å². The summed E-state index contributed by atoms with van der Waals surface area (Å²) >= 11 is 0. The van der Waals surface area contributed by atoms with Gasteiger partial charge in [0.1, 0.15) is 11.9 Å². The number of unbranched alkanes of at least 4 members (excludes halogenated alkanes) is 2. The third-order valence-electron chi connectivity index (χ3n) is 14.6. The number of benzene rings is 2. The molecule has 6 rings (SSSR count). The predicted molar refractivity (Wildman–Crippen MR) is 220 cm³/mol. The largest absolute Gasteiger partial charge is 0.494 e. The van der Waals surface area contributed by atoms with Crippen molar-refractivity contribution in [3.63, 3.8) is 0 Å². The maximum Gasteiger partial charge on any atom is 0.306 e. The van der Waals surface area contributed by atoms with Crippen LogP contribution in [0.3, 0.4) is 0 Å². The molecule has 0 bridgehead atoms. The van der Waals surface area contributed by atoms with Gasteiger partial charge in [0.15, 0.2) is 0 Å². The average molecular weight is 719 g/mol. The zero-order valence-corrected chi connectivity index (χ0v) is 34.2. The summed E-state index contributed by atoms with van der Waals surface area (Å²) in [5, 5.41) is 0. The highest BCUT2D eigenvalue weighted by atomic mass is 16.5. The lowest BCUT2D eigenvalue weighted by molar-refractivity contribution is -0.151. The molecule has 0 unspecified atom stereocenters. The Kier molecular flexibility index (Phi) is 13.6. The monoisotopic (exact) mass is 719 g/mol. The normalized spacial score (nSPS) is 29.6. The minimum atomic E-state index is -0.0423. The van der Waals surface area contributed by atoms with Gasteiger partial charge >= 0.3 is 5.97 Å². The van der Waals surface area contributed by atoms with Crippen LogP contribution >= 0.6 is 0 Å². The first kappa shape index (κ1) is 39.7. The van der Waals surface area contributed by atoms with Gasteiger partial charge in [0.25, 0.3) is 0 Å². The number of carbonyl (C=O) groups excluding carboxylic acids is 1. The van der Waals surface area contributed by atoms with E-state index in [-0.39, 0.29) is 17.5 Å². The maximum atomic E-state index is 12.9. The van der Waals surface area contributed by atoms with Crippen molar-refractivity contribution in [1.82, 2.24) is 0 Å². The molecule has 0 saturated heterocycles. The lowest BCUT2D eigenvalue weighted by Crippen LogP contribution is -2.51. The quantitative estimate of drug-likeness (QED) is 0.0796. The molecule has 2 aromatic rings. The van der Waals surface area contributed by atoms with Crippen molar-refractivity contribution >= 4 is 5.97 Å². The predicted octanol–water partition coefficient (Wildman–Crippen LogP) is 12.9. The highest BCUT2D eigenvalue weighted by Gasteiger charge is 2.59. The van der Waals surface area contributed by atoms with Crippen molar-refractivity contribution in [2.24, 2.45) is 46.3 Å². The van der Waals surface area contributed by atoms with Crippen LogP contribution in [0.4, 0.5) is 0 Å².